The van der Waals surface area contributed by atoms with Crippen LogP contribution in [0.5, 0.6) is 5.75 Å². The number of carboxylic acids is 1. The number of benzene rings is 1. The second-order valence-corrected chi connectivity index (χ2v) is 8.84. The van der Waals surface area contributed by atoms with Crippen molar-refractivity contribution in [2.24, 2.45) is 5.92 Å². The van der Waals surface area contributed by atoms with Gasteiger partial charge in [0, 0.05) is 32.1 Å². The second-order valence-electron chi connectivity index (χ2n) is 8.40. The fourth-order valence-corrected chi connectivity index (χ4v) is 4.01. The number of piperidine rings is 1. The molecular weight excluding hydrogens is 463 g/mol. The van der Waals surface area contributed by atoms with Crippen LogP contribution in [0.2, 0.25) is 5.02 Å². The molecule has 8 nitrogen and oxygen atoms in total. The van der Waals surface area contributed by atoms with Crippen molar-refractivity contribution in [1.82, 2.24) is 15.3 Å². The van der Waals surface area contributed by atoms with Gasteiger partial charge in [-0.1, -0.05) is 17.7 Å². The van der Waals surface area contributed by atoms with Crippen molar-refractivity contribution in [1.29, 1.82) is 0 Å². The predicted octanol–water partition coefficient (Wildman–Crippen LogP) is 3.87. The third kappa shape index (κ3) is 8.44. The van der Waals surface area contributed by atoms with Crippen molar-refractivity contribution in [2.75, 3.05) is 31.1 Å². The minimum Gasteiger partial charge on any atom is -0.493 e. The molecule has 3 rings (SSSR count). The van der Waals surface area contributed by atoms with Crippen LogP contribution in [0.3, 0.4) is 0 Å². The Kier molecular flexibility index (Phi) is 9.88. The Morgan fingerprint density at radius 3 is 2.62 bits per heavy atom. The van der Waals surface area contributed by atoms with Gasteiger partial charge in [0.15, 0.2) is 0 Å². The van der Waals surface area contributed by atoms with Gasteiger partial charge in [-0.3, -0.25) is 9.59 Å². The number of rotatable bonds is 12. The first-order valence-electron chi connectivity index (χ1n) is 11.5. The molecule has 1 aliphatic heterocycles. The van der Waals surface area contributed by atoms with Gasteiger partial charge in [0.2, 0.25) is 11.9 Å². The molecular formula is C24H30ClFN4O4. The van der Waals surface area contributed by atoms with E-state index >= 15 is 0 Å². The molecule has 2 aromatic rings. The van der Waals surface area contributed by atoms with Crippen LogP contribution in [0.15, 0.2) is 30.6 Å². The standard InChI is InChI=1S/C24H30ClFN4O4/c25-19-15-28-24(29-16-19)30-10-7-17(8-11-30)3-2-12-34-20-6-5-18(21(26)14-20)13-22(31)27-9-1-4-23(32)33/h5-6,14-17H,1-4,7-13H2,(H,27,31)(H,32,33). The topological polar surface area (TPSA) is 105 Å². The van der Waals surface area contributed by atoms with Crippen LogP contribution in [0.4, 0.5) is 10.3 Å². The van der Waals surface area contributed by atoms with Crippen LogP contribution in [0, 0.1) is 11.7 Å². The van der Waals surface area contributed by atoms with Gasteiger partial charge in [0.1, 0.15) is 11.6 Å². The molecule has 10 heteroatoms. The molecule has 1 amide bonds. The lowest BCUT2D eigenvalue weighted by Crippen LogP contribution is -2.34. The summed E-state index contributed by atoms with van der Waals surface area (Å²) in [6.45, 7) is 2.57. The van der Waals surface area contributed by atoms with Crippen LogP contribution < -0.4 is 15.0 Å². The summed E-state index contributed by atoms with van der Waals surface area (Å²) in [5.41, 5.74) is 0.277. The van der Waals surface area contributed by atoms with Gasteiger partial charge in [0.05, 0.1) is 30.4 Å². The summed E-state index contributed by atoms with van der Waals surface area (Å²) in [6.07, 6.45) is 7.50. The van der Waals surface area contributed by atoms with Crippen molar-refractivity contribution < 1.29 is 23.8 Å². The minimum absolute atomic E-state index is 0.0156. The van der Waals surface area contributed by atoms with E-state index in [4.69, 9.17) is 21.4 Å². The lowest BCUT2D eigenvalue weighted by atomic mass is 9.92. The number of nitrogens with zero attached hydrogens (tertiary/aromatic N) is 3. The maximum absolute atomic E-state index is 14.3. The number of hydrogen-bond donors (Lipinski definition) is 2. The molecule has 184 valence electrons. The summed E-state index contributed by atoms with van der Waals surface area (Å²) < 4.78 is 20.0. The number of aromatic nitrogens is 2. The number of halogens is 2. The van der Waals surface area contributed by atoms with E-state index in [1.807, 2.05) is 0 Å². The average Bonchev–Trinajstić information content (AvgIpc) is 2.82. The van der Waals surface area contributed by atoms with E-state index in [0.29, 0.717) is 35.7 Å². The highest BCUT2D eigenvalue weighted by Gasteiger charge is 2.20. The zero-order chi connectivity index (χ0) is 24.3. The van der Waals surface area contributed by atoms with E-state index in [9.17, 15) is 14.0 Å². The van der Waals surface area contributed by atoms with E-state index in [1.54, 1.807) is 24.5 Å². The molecule has 34 heavy (non-hydrogen) atoms. The molecule has 0 radical (unpaired) electrons. The Morgan fingerprint density at radius 1 is 1.21 bits per heavy atom. The summed E-state index contributed by atoms with van der Waals surface area (Å²) in [5, 5.41) is 11.7. The van der Waals surface area contributed by atoms with Crippen molar-refractivity contribution in [3.8, 4) is 5.75 Å². The molecule has 1 aromatic heterocycles. The summed E-state index contributed by atoms with van der Waals surface area (Å²) in [6, 6.07) is 4.52. The Hall–Kier alpha value is -2.94. The fraction of sp³-hybridized carbons (Fsp3) is 0.500. The largest absolute Gasteiger partial charge is 0.493 e. The number of nitrogens with one attached hydrogen (secondary N) is 1. The van der Waals surface area contributed by atoms with Crippen molar-refractivity contribution in [3.63, 3.8) is 0 Å². The number of anilines is 1. The van der Waals surface area contributed by atoms with Gasteiger partial charge in [-0.25, -0.2) is 14.4 Å². The number of aliphatic carboxylic acids is 1. The third-order valence-corrected chi connectivity index (χ3v) is 5.99. The molecule has 1 fully saturated rings. The molecule has 2 heterocycles. The maximum atomic E-state index is 14.3. The first-order chi connectivity index (χ1) is 16.4. The van der Waals surface area contributed by atoms with Crippen LogP contribution in [-0.4, -0.2) is 53.2 Å². The SMILES string of the molecule is O=C(O)CCCNC(=O)Cc1ccc(OCCCC2CCN(c3ncc(Cl)cn3)CC2)cc1F. The summed E-state index contributed by atoms with van der Waals surface area (Å²) >= 11 is 5.85. The molecule has 0 unspecified atom stereocenters. The van der Waals surface area contributed by atoms with E-state index in [-0.39, 0.29) is 30.9 Å². The normalized spacial score (nSPS) is 14.1. The molecule has 0 atom stereocenters. The Bertz CT molecular complexity index is 952. The number of carboxylic acid groups (broad SMARTS) is 1. The molecule has 0 aliphatic carbocycles. The summed E-state index contributed by atoms with van der Waals surface area (Å²) in [5.74, 6) is 0.0255. The van der Waals surface area contributed by atoms with Gasteiger partial charge in [-0.15, -0.1) is 0 Å². The lowest BCUT2D eigenvalue weighted by molar-refractivity contribution is -0.137. The molecule has 0 saturated carbocycles. The monoisotopic (exact) mass is 492 g/mol. The van der Waals surface area contributed by atoms with Crippen molar-refractivity contribution >= 4 is 29.4 Å². The van der Waals surface area contributed by atoms with E-state index in [2.05, 4.69) is 20.2 Å². The molecule has 1 aliphatic rings. The first kappa shape index (κ1) is 25.7. The number of hydrogen-bond acceptors (Lipinski definition) is 6. The van der Waals surface area contributed by atoms with Gasteiger partial charge in [-0.05, 0) is 49.7 Å². The highest BCUT2D eigenvalue weighted by Crippen LogP contribution is 2.25. The van der Waals surface area contributed by atoms with Crippen LogP contribution in [0.25, 0.3) is 0 Å². The Labute approximate surface area is 203 Å². The highest BCUT2D eigenvalue weighted by atomic mass is 35.5. The predicted molar refractivity (Wildman–Crippen MR) is 127 cm³/mol. The van der Waals surface area contributed by atoms with Gasteiger partial charge in [0.25, 0.3) is 0 Å². The highest BCUT2D eigenvalue weighted by molar-refractivity contribution is 6.30. The van der Waals surface area contributed by atoms with Crippen molar-refractivity contribution in [2.45, 2.75) is 44.9 Å². The van der Waals surface area contributed by atoms with E-state index in [0.717, 1.165) is 38.8 Å². The van der Waals surface area contributed by atoms with Gasteiger partial charge >= 0.3 is 5.97 Å². The van der Waals surface area contributed by atoms with Crippen LogP contribution in [0.1, 0.15) is 44.1 Å². The van der Waals surface area contributed by atoms with Crippen LogP contribution >= 0.6 is 11.6 Å². The van der Waals surface area contributed by atoms with E-state index < -0.39 is 11.8 Å². The Balaban J connectivity index is 1.32. The van der Waals surface area contributed by atoms with Gasteiger partial charge < -0.3 is 20.1 Å². The summed E-state index contributed by atoms with van der Waals surface area (Å²) in [7, 11) is 0. The van der Waals surface area contributed by atoms with E-state index in [1.165, 1.54) is 6.07 Å². The lowest BCUT2D eigenvalue weighted by Gasteiger charge is -2.31. The summed E-state index contributed by atoms with van der Waals surface area (Å²) in [4.78, 5) is 33.1. The molecule has 1 aromatic carbocycles. The van der Waals surface area contributed by atoms with Crippen LogP contribution in [-0.2, 0) is 16.0 Å². The smallest absolute Gasteiger partial charge is 0.303 e. The van der Waals surface area contributed by atoms with Gasteiger partial charge in [-0.2, -0.15) is 0 Å². The Morgan fingerprint density at radius 2 is 1.94 bits per heavy atom. The number of ether oxygens (including phenoxy) is 1. The molecule has 1 saturated heterocycles. The second kappa shape index (κ2) is 13.1. The number of carbonyl (C=O) groups excluding carboxylic acids is 1. The zero-order valence-corrected chi connectivity index (χ0v) is 19.8. The van der Waals surface area contributed by atoms with Crippen molar-refractivity contribution in [3.05, 3.63) is 47.0 Å². The number of amides is 1. The maximum Gasteiger partial charge on any atom is 0.303 e. The first-order valence-corrected chi connectivity index (χ1v) is 11.9. The molecule has 2 N–H and O–H groups in total. The molecule has 0 spiro atoms. The fourth-order valence-electron chi connectivity index (χ4n) is 3.92. The third-order valence-electron chi connectivity index (χ3n) is 5.79. The average molecular weight is 493 g/mol. The zero-order valence-electron chi connectivity index (χ0n) is 19.0. The quantitative estimate of drug-likeness (QED) is 0.433. The minimum atomic E-state index is -0.912. The number of carbonyl (C=O) groups is 2. The molecule has 0 bridgehead atoms.